The Morgan fingerprint density at radius 3 is 2.05 bits per heavy atom. The van der Waals surface area contributed by atoms with Gasteiger partial charge in [0.15, 0.2) is 0 Å². The minimum absolute atomic E-state index is 0.100. The second kappa shape index (κ2) is 13.6. The van der Waals surface area contributed by atoms with E-state index < -0.39 is 28.5 Å². The number of anilines is 1. The van der Waals surface area contributed by atoms with Gasteiger partial charge in [-0.25, -0.2) is 8.42 Å². The van der Waals surface area contributed by atoms with Gasteiger partial charge in [0, 0.05) is 13.1 Å². The van der Waals surface area contributed by atoms with Gasteiger partial charge in [0.1, 0.15) is 12.6 Å². The number of hydrogen-bond donors (Lipinski definition) is 1. The van der Waals surface area contributed by atoms with E-state index in [4.69, 9.17) is 0 Å². The van der Waals surface area contributed by atoms with Crippen LogP contribution in [-0.2, 0) is 26.2 Å². The molecule has 0 fully saturated rings. The van der Waals surface area contributed by atoms with Crippen LogP contribution in [0.15, 0.2) is 71.6 Å². The molecule has 3 rings (SSSR count). The molecule has 3 aromatic carbocycles. The minimum Gasteiger partial charge on any atom is -0.354 e. The Labute approximate surface area is 239 Å². The van der Waals surface area contributed by atoms with Crippen LogP contribution in [0, 0.1) is 27.7 Å². The van der Waals surface area contributed by atoms with Crippen molar-refractivity contribution in [2.75, 3.05) is 17.4 Å². The number of hydrogen-bond acceptors (Lipinski definition) is 4. The predicted octanol–water partition coefficient (Wildman–Crippen LogP) is 5.45. The smallest absolute Gasteiger partial charge is 0.264 e. The third-order valence-electron chi connectivity index (χ3n) is 6.75. The van der Waals surface area contributed by atoms with Crippen molar-refractivity contribution in [3.63, 3.8) is 0 Å². The van der Waals surface area contributed by atoms with Crippen molar-refractivity contribution in [3.05, 3.63) is 94.5 Å². The third kappa shape index (κ3) is 7.72. The summed E-state index contributed by atoms with van der Waals surface area (Å²) in [6, 6.07) is 19.1. The summed E-state index contributed by atoms with van der Waals surface area (Å²) in [7, 11) is -4.09. The number of aryl methyl sites for hydroxylation is 4. The maximum atomic E-state index is 14.1. The van der Waals surface area contributed by atoms with Crippen molar-refractivity contribution in [1.82, 2.24) is 10.2 Å². The average Bonchev–Trinajstić information content (AvgIpc) is 2.89. The van der Waals surface area contributed by atoms with Crippen LogP contribution in [-0.4, -0.2) is 44.3 Å². The maximum Gasteiger partial charge on any atom is 0.264 e. The Morgan fingerprint density at radius 2 is 1.48 bits per heavy atom. The minimum atomic E-state index is -4.09. The van der Waals surface area contributed by atoms with Crippen LogP contribution >= 0.6 is 0 Å². The lowest BCUT2D eigenvalue weighted by Gasteiger charge is -2.33. The van der Waals surface area contributed by atoms with Crippen molar-refractivity contribution in [3.8, 4) is 0 Å². The van der Waals surface area contributed by atoms with Gasteiger partial charge >= 0.3 is 0 Å². The maximum absolute atomic E-state index is 14.1. The van der Waals surface area contributed by atoms with E-state index in [0.29, 0.717) is 18.7 Å². The van der Waals surface area contributed by atoms with E-state index >= 15 is 0 Å². The molecule has 1 atom stereocenters. The Bertz CT molecular complexity index is 1410. The zero-order valence-electron chi connectivity index (χ0n) is 24.4. The molecule has 0 spiro atoms. The highest BCUT2D eigenvalue weighted by Crippen LogP contribution is 2.27. The molecule has 214 valence electrons. The lowest BCUT2D eigenvalue weighted by Crippen LogP contribution is -2.52. The molecule has 0 heterocycles. The molecule has 3 aromatic rings. The number of carbonyl (C=O) groups excluding carboxylic acids is 2. The summed E-state index contributed by atoms with van der Waals surface area (Å²) in [6.45, 7) is 11.7. The quantitative estimate of drug-likeness (QED) is 0.318. The largest absolute Gasteiger partial charge is 0.354 e. The number of carbonyl (C=O) groups is 2. The van der Waals surface area contributed by atoms with E-state index in [0.717, 1.165) is 34.2 Å². The summed E-state index contributed by atoms with van der Waals surface area (Å²) in [5.74, 6) is -0.695. The monoisotopic (exact) mass is 563 g/mol. The summed E-state index contributed by atoms with van der Waals surface area (Å²) in [4.78, 5) is 28.9. The van der Waals surface area contributed by atoms with Crippen molar-refractivity contribution >= 4 is 27.5 Å². The molecule has 40 heavy (non-hydrogen) atoms. The standard InChI is InChI=1S/C32H41N3O4S/c1-7-16-33-32(37)30(8-2)34(21-27-11-9-10-24(4)18-27)31(36)22-35(28-19-25(5)17-26(6)20-28)40(38,39)29-14-12-23(3)13-15-29/h9-15,17-20,30H,7-8,16,21-22H2,1-6H3,(H,33,37). The van der Waals surface area contributed by atoms with Crippen molar-refractivity contribution in [2.24, 2.45) is 0 Å². The first-order valence-corrected chi connectivity index (χ1v) is 15.2. The number of amides is 2. The topological polar surface area (TPSA) is 86.8 Å². The summed E-state index contributed by atoms with van der Waals surface area (Å²) in [5.41, 5.74) is 5.01. The van der Waals surface area contributed by atoms with Crippen LogP contribution < -0.4 is 9.62 Å². The Hall–Kier alpha value is -3.65. The predicted molar refractivity (Wildman–Crippen MR) is 161 cm³/mol. The normalized spacial score (nSPS) is 12.1. The van der Waals surface area contributed by atoms with Gasteiger partial charge in [-0.05, 0) is 81.5 Å². The SMILES string of the molecule is CCCNC(=O)C(CC)N(Cc1cccc(C)c1)C(=O)CN(c1cc(C)cc(C)c1)S(=O)(=O)c1ccc(C)cc1. The molecule has 0 aliphatic heterocycles. The van der Waals surface area contributed by atoms with Crippen LogP contribution in [0.1, 0.15) is 54.5 Å². The van der Waals surface area contributed by atoms with Crippen molar-refractivity contribution < 1.29 is 18.0 Å². The zero-order valence-corrected chi connectivity index (χ0v) is 25.2. The van der Waals surface area contributed by atoms with E-state index in [-0.39, 0.29) is 17.3 Å². The number of rotatable bonds is 12. The average molecular weight is 564 g/mol. The van der Waals surface area contributed by atoms with Crippen molar-refractivity contribution in [1.29, 1.82) is 0 Å². The van der Waals surface area contributed by atoms with Gasteiger partial charge in [-0.3, -0.25) is 13.9 Å². The van der Waals surface area contributed by atoms with Gasteiger partial charge in [0.2, 0.25) is 11.8 Å². The van der Waals surface area contributed by atoms with E-state index in [9.17, 15) is 18.0 Å². The zero-order chi connectivity index (χ0) is 29.4. The first-order chi connectivity index (χ1) is 19.0. The summed E-state index contributed by atoms with van der Waals surface area (Å²) < 4.78 is 29.2. The van der Waals surface area contributed by atoms with Gasteiger partial charge < -0.3 is 10.2 Å². The molecule has 0 aliphatic rings. The molecule has 7 nitrogen and oxygen atoms in total. The number of nitrogens with zero attached hydrogens (tertiary/aromatic N) is 2. The van der Waals surface area contributed by atoms with Crippen LogP contribution in [0.25, 0.3) is 0 Å². The Kier molecular flexibility index (Phi) is 10.5. The van der Waals surface area contributed by atoms with Gasteiger partial charge in [0.25, 0.3) is 10.0 Å². The van der Waals surface area contributed by atoms with Crippen molar-refractivity contribution in [2.45, 2.75) is 71.9 Å². The highest BCUT2D eigenvalue weighted by molar-refractivity contribution is 7.92. The molecule has 2 amide bonds. The molecule has 0 saturated heterocycles. The summed E-state index contributed by atoms with van der Waals surface area (Å²) in [5, 5.41) is 2.91. The second-order valence-corrected chi connectivity index (χ2v) is 12.3. The highest BCUT2D eigenvalue weighted by Gasteiger charge is 2.33. The molecular weight excluding hydrogens is 522 g/mol. The molecule has 1 N–H and O–H groups in total. The van der Waals surface area contributed by atoms with Gasteiger partial charge in [-0.15, -0.1) is 0 Å². The molecule has 0 aliphatic carbocycles. The van der Waals surface area contributed by atoms with E-state index in [1.807, 2.05) is 71.9 Å². The number of sulfonamides is 1. The fraction of sp³-hybridized carbons (Fsp3) is 0.375. The lowest BCUT2D eigenvalue weighted by molar-refractivity contribution is -0.140. The fourth-order valence-corrected chi connectivity index (χ4v) is 6.15. The third-order valence-corrected chi connectivity index (χ3v) is 8.54. The number of benzene rings is 3. The molecule has 0 radical (unpaired) electrons. The van der Waals surface area contributed by atoms with Gasteiger partial charge in [0.05, 0.1) is 10.6 Å². The Morgan fingerprint density at radius 1 is 0.825 bits per heavy atom. The molecule has 8 heteroatoms. The number of nitrogens with one attached hydrogen (secondary N) is 1. The van der Waals surface area contributed by atoms with Crippen LogP contribution in [0.3, 0.4) is 0 Å². The highest BCUT2D eigenvalue weighted by atomic mass is 32.2. The van der Waals surface area contributed by atoms with E-state index in [1.165, 1.54) is 9.21 Å². The van der Waals surface area contributed by atoms with Gasteiger partial charge in [-0.1, -0.05) is 67.4 Å². The molecule has 1 unspecified atom stereocenters. The second-order valence-electron chi connectivity index (χ2n) is 10.4. The summed E-state index contributed by atoms with van der Waals surface area (Å²) in [6.07, 6.45) is 1.16. The summed E-state index contributed by atoms with van der Waals surface area (Å²) >= 11 is 0. The molecule has 0 saturated carbocycles. The first-order valence-electron chi connectivity index (χ1n) is 13.8. The first kappa shape index (κ1) is 30.9. The molecule has 0 bridgehead atoms. The Balaban J connectivity index is 2.09. The fourth-order valence-electron chi connectivity index (χ4n) is 4.75. The van der Waals surface area contributed by atoms with Crippen LogP contribution in [0.5, 0.6) is 0 Å². The van der Waals surface area contributed by atoms with Crippen LogP contribution in [0.2, 0.25) is 0 Å². The molecular formula is C32H41N3O4S. The lowest BCUT2D eigenvalue weighted by atomic mass is 10.1. The van der Waals surface area contributed by atoms with E-state index in [2.05, 4.69) is 5.32 Å². The van der Waals surface area contributed by atoms with E-state index in [1.54, 1.807) is 36.4 Å². The molecule has 0 aromatic heterocycles. The van der Waals surface area contributed by atoms with Crippen LogP contribution in [0.4, 0.5) is 5.69 Å². The van der Waals surface area contributed by atoms with Gasteiger partial charge in [-0.2, -0.15) is 0 Å².